The molecule has 1 aromatic heterocycles. The number of hydrogen-bond acceptors (Lipinski definition) is 4. The molecule has 0 radical (unpaired) electrons. The van der Waals surface area contributed by atoms with Crippen molar-refractivity contribution in [3.63, 3.8) is 0 Å². The van der Waals surface area contributed by atoms with Crippen molar-refractivity contribution in [3.8, 4) is 5.75 Å². The Morgan fingerprint density at radius 3 is 2.25 bits per heavy atom. The van der Waals surface area contributed by atoms with Crippen LogP contribution in [0.2, 0.25) is 0 Å². The fraction of sp³-hybridized carbons (Fsp3) is 0.391. The van der Waals surface area contributed by atoms with Crippen LogP contribution in [0.5, 0.6) is 5.75 Å². The van der Waals surface area contributed by atoms with Crippen molar-refractivity contribution in [1.29, 1.82) is 0 Å². The van der Waals surface area contributed by atoms with Gasteiger partial charge in [-0.15, -0.1) is 10.2 Å². The van der Waals surface area contributed by atoms with E-state index in [-0.39, 0.29) is 5.41 Å². The van der Waals surface area contributed by atoms with E-state index in [1.807, 2.05) is 24.3 Å². The third kappa shape index (κ3) is 5.16. The minimum Gasteiger partial charge on any atom is -0.486 e. The highest BCUT2D eigenvalue weighted by Gasteiger charge is 2.14. The maximum atomic E-state index is 5.88. The molecule has 0 atom stereocenters. The number of rotatable bonds is 7. The van der Waals surface area contributed by atoms with Gasteiger partial charge in [0.15, 0.2) is 11.0 Å². The molecule has 0 amide bonds. The minimum absolute atomic E-state index is 0.181. The summed E-state index contributed by atoms with van der Waals surface area (Å²) in [6.07, 6.45) is 0. The quantitative estimate of drug-likeness (QED) is 0.476. The van der Waals surface area contributed by atoms with Gasteiger partial charge >= 0.3 is 0 Å². The first-order valence-electron chi connectivity index (χ1n) is 9.70. The van der Waals surface area contributed by atoms with Crippen LogP contribution >= 0.6 is 11.8 Å². The van der Waals surface area contributed by atoms with Crippen LogP contribution < -0.4 is 4.74 Å². The SMILES string of the molecule is CCn1c(COc2ccc(C)cc2)nnc1SCc1ccc(C(C)(C)C)cc1. The summed E-state index contributed by atoms with van der Waals surface area (Å²) in [5, 5.41) is 9.66. The van der Waals surface area contributed by atoms with Crippen molar-refractivity contribution in [2.75, 3.05) is 0 Å². The molecule has 0 saturated carbocycles. The van der Waals surface area contributed by atoms with Gasteiger partial charge in [-0.05, 0) is 42.5 Å². The average molecular weight is 396 g/mol. The van der Waals surface area contributed by atoms with E-state index in [1.165, 1.54) is 16.7 Å². The maximum Gasteiger partial charge on any atom is 0.191 e. The van der Waals surface area contributed by atoms with E-state index in [4.69, 9.17) is 4.74 Å². The van der Waals surface area contributed by atoms with Crippen LogP contribution in [0.4, 0.5) is 0 Å². The molecule has 0 fully saturated rings. The third-order valence-electron chi connectivity index (χ3n) is 4.69. The van der Waals surface area contributed by atoms with Gasteiger partial charge in [0.05, 0.1) is 0 Å². The molecule has 2 aromatic carbocycles. The molecule has 3 rings (SSSR count). The number of nitrogens with zero attached hydrogens (tertiary/aromatic N) is 3. The fourth-order valence-electron chi connectivity index (χ4n) is 2.88. The first kappa shape index (κ1) is 20.5. The second-order valence-corrected chi connectivity index (χ2v) is 8.92. The molecule has 0 unspecified atom stereocenters. The summed E-state index contributed by atoms with van der Waals surface area (Å²) in [5.74, 6) is 2.58. The predicted octanol–water partition coefficient (Wildman–Crippen LogP) is 5.78. The highest BCUT2D eigenvalue weighted by molar-refractivity contribution is 7.98. The van der Waals surface area contributed by atoms with Gasteiger partial charge < -0.3 is 9.30 Å². The molecule has 0 saturated heterocycles. The van der Waals surface area contributed by atoms with Crippen molar-refractivity contribution in [1.82, 2.24) is 14.8 Å². The molecule has 3 aromatic rings. The minimum atomic E-state index is 0.181. The third-order valence-corrected chi connectivity index (χ3v) is 5.72. The van der Waals surface area contributed by atoms with Gasteiger partial charge in [-0.2, -0.15) is 0 Å². The fourth-order valence-corrected chi connectivity index (χ4v) is 3.86. The number of benzene rings is 2. The van der Waals surface area contributed by atoms with Gasteiger partial charge in [-0.25, -0.2) is 0 Å². The second kappa shape index (κ2) is 8.82. The lowest BCUT2D eigenvalue weighted by Gasteiger charge is -2.19. The van der Waals surface area contributed by atoms with Crippen molar-refractivity contribution in [2.24, 2.45) is 0 Å². The Hall–Kier alpha value is -2.27. The molecule has 148 valence electrons. The Balaban J connectivity index is 1.62. The summed E-state index contributed by atoms with van der Waals surface area (Å²) in [5.41, 5.74) is 4.05. The van der Waals surface area contributed by atoms with Crippen molar-refractivity contribution in [3.05, 3.63) is 71.0 Å². The Kier molecular flexibility index (Phi) is 6.45. The standard InChI is InChI=1S/C23H29N3OS/c1-6-26-21(15-27-20-13-7-17(2)8-14-20)24-25-22(26)28-16-18-9-11-19(12-10-18)23(3,4)5/h7-14H,6,15-16H2,1-5H3. The molecular formula is C23H29N3OS. The van der Waals surface area contributed by atoms with Crippen LogP contribution in [-0.2, 0) is 24.3 Å². The summed E-state index contributed by atoms with van der Waals surface area (Å²) in [6, 6.07) is 16.9. The maximum absolute atomic E-state index is 5.88. The highest BCUT2D eigenvalue weighted by Crippen LogP contribution is 2.26. The van der Waals surface area contributed by atoms with Gasteiger partial charge in [0.1, 0.15) is 12.4 Å². The molecule has 0 aliphatic carbocycles. The molecule has 1 heterocycles. The van der Waals surface area contributed by atoms with Crippen molar-refractivity contribution in [2.45, 2.75) is 64.1 Å². The number of ether oxygens (including phenoxy) is 1. The molecule has 5 heteroatoms. The summed E-state index contributed by atoms with van der Waals surface area (Å²) >= 11 is 1.72. The number of hydrogen-bond donors (Lipinski definition) is 0. The van der Waals surface area contributed by atoms with E-state index in [1.54, 1.807) is 11.8 Å². The molecule has 4 nitrogen and oxygen atoms in total. The molecular weight excluding hydrogens is 366 g/mol. The summed E-state index contributed by atoms with van der Waals surface area (Å²) in [6.45, 7) is 12.1. The van der Waals surface area contributed by atoms with Crippen LogP contribution in [-0.4, -0.2) is 14.8 Å². The van der Waals surface area contributed by atoms with Gasteiger partial charge in [0.25, 0.3) is 0 Å². The zero-order valence-corrected chi connectivity index (χ0v) is 18.2. The summed E-state index contributed by atoms with van der Waals surface area (Å²) in [7, 11) is 0. The Bertz CT molecular complexity index is 893. The van der Waals surface area contributed by atoms with E-state index in [0.29, 0.717) is 6.61 Å². The number of thioether (sulfide) groups is 1. The second-order valence-electron chi connectivity index (χ2n) is 7.98. The van der Waals surface area contributed by atoms with Crippen LogP contribution in [0.25, 0.3) is 0 Å². The van der Waals surface area contributed by atoms with Gasteiger partial charge in [-0.3, -0.25) is 0 Å². The van der Waals surface area contributed by atoms with Crippen LogP contribution in [0, 0.1) is 6.92 Å². The molecule has 0 aliphatic heterocycles. The van der Waals surface area contributed by atoms with Crippen molar-refractivity contribution >= 4 is 11.8 Å². The summed E-state index contributed by atoms with van der Waals surface area (Å²) in [4.78, 5) is 0. The predicted molar refractivity (Wildman–Crippen MR) is 116 cm³/mol. The van der Waals surface area contributed by atoms with Crippen LogP contribution in [0.1, 0.15) is 50.2 Å². The first-order valence-corrected chi connectivity index (χ1v) is 10.7. The lowest BCUT2D eigenvalue weighted by Crippen LogP contribution is -2.10. The van der Waals surface area contributed by atoms with Crippen LogP contribution in [0.3, 0.4) is 0 Å². The lowest BCUT2D eigenvalue weighted by molar-refractivity contribution is 0.288. The molecule has 0 N–H and O–H groups in total. The molecule has 0 bridgehead atoms. The van der Waals surface area contributed by atoms with E-state index >= 15 is 0 Å². The highest BCUT2D eigenvalue weighted by atomic mass is 32.2. The molecule has 0 spiro atoms. The van der Waals surface area contributed by atoms with Crippen molar-refractivity contribution < 1.29 is 4.74 Å². The van der Waals surface area contributed by atoms with Gasteiger partial charge in [-0.1, -0.05) is 74.5 Å². The van der Waals surface area contributed by atoms with Gasteiger partial charge in [0.2, 0.25) is 0 Å². The topological polar surface area (TPSA) is 39.9 Å². The Morgan fingerprint density at radius 1 is 0.964 bits per heavy atom. The summed E-state index contributed by atoms with van der Waals surface area (Å²) < 4.78 is 8.01. The lowest BCUT2D eigenvalue weighted by atomic mass is 9.87. The molecule has 28 heavy (non-hydrogen) atoms. The van der Waals surface area contributed by atoms with E-state index in [2.05, 4.69) is 73.6 Å². The monoisotopic (exact) mass is 395 g/mol. The normalized spacial score (nSPS) is 11.6. The van der Waals surface area contributed by atoms with E-state index < -0.39 is 0 Å². The average Bonchev–Trinajstić information content (AvgIpc) is 3.07. The Labute approximate surface area is 172 Å². The zero-order chi connectivity index (χ0) is 20.1. The Morgan fingerprint density at radius 2 is 1.64 bits per heavy atom. The zero-order valence-electron chi connectivity index (χ0n) is 17.4. The smallest absolute Gasteiger partial charge is 0.191 e. The largest absolute Gasteiger partial charge is 0.486 e. The van der Waals surface area contributed by atoms with E-state index in [0.717, 1.165) is 29.0 Å². The van der Waals surface area contributed by atoms with Gasteiger partial charge in [0, 0.05) is 12.3 Å². The number of aromatic nitrogens is 3. The molecule has 0 aliphatic rings. The first-order chi connectivity index (χ1) is 13.4. The number of aryl methyl sites for hydroxylation is 1. The van der Waals surface area contributed by atoms with Crippen LogP contribution in [0.15, 0.2) is 53.7 Å². The van der Waals surface area contributed by atoms with E-state index in [9.17, 15) is 0 Å².